The molecule has 0 saturated carbocycles. The predicted molar refractivity (Wildman–Crippen MR) is 71.2 cm³/mol. The van der Waals surface area contributed by atoms with Gasteiger partial charge in [0, 0.05) is 5.56 Å². The molecule has 2 rings (SSSR count). The van der Waals surface area contributed by atoms with Gasteiger partial charge in [-0.15, -0.1) is 0 Å². The average molecular weight is 300 g/mol. The van der Waals surface area contributed by atoms with E-state index in [9.17, 15) is 18.7 Å². The van der Waals surface area contributed by atoms with Crippen LogP contribution in [0.3, 0.4) is 0 Å². The van der Waals surface area contributed by atoms with Gasteiger partial charge < -0.3 is 14.6 Å². The fourth-order valence-electron chi connectivity index (χ4n) is 2.73. The van der Waals surface area contributed by atoms with Crippen molar-refractivity contribution in [2.75, 3.05) is 7.11 Å². The van der Waals surface area contributed by atoms with Gasteiger partial charge in [-0.3, -0.25) is 0 Å². The lowest BCUT2D eigenvalue weighted by atomic mass is 9.84. The maximum absolute atomic E-state index is 13.9. The van der Waals surface area contributed by atoms with Crippen molar-refractivity contribution in [3.8, 4) is 5.75 Å². The second-order valence-electron chi connectivity index (χ2n) is 5.89. The van der Waals surface area contributed by atoms with Gasteiger partial charge in [-0.2, -0.15) is 4.39 Å². The molecule has 2 atom stereocenters. The van der Waals surface area contributed by atoms with Gasteiger partial charge >= 0.3 is 5.97 Å². The minimum Gasteiger partial charge on any atom is -0.493 e. The molecule has 2 unspecified atom stereocenters. The van der Waals surface area contributed by atoms with Crippen LogP contribution in [-0.4, -0.2) is 23.8 Å². The zero-order valence-corrected chi connectivity index (χ0v) is 12.4. The van der Waals surface area contributed by atoms with Crippen LogP contribution in [0.5, 0.6) is 5.75 Å². The number of carboxylic acid groups (broad SMARTS) is 1. The van der Waals surface area contributed by atoms with Crippen LogP contribution in [0.1, 0.15) is 32.8 Å². The van der Waals surface area contributed by atoms with Gasteiger partial charge in [0.1, 0.15) is 0 Å². The Balaban J connectivity index is 2.67. The van der Waals surface area contributed by atoms with Crippen LogP contribution >= 0.6 is 0 Å². The quantitative estimate of drug-likeness (QED) is 0.932. The van der Waals surface area contributed by atoms with Crippen molar-refractivity contribution in [1.29, 1.82) is 0 Å². The molecule has 0 bridgehead atoms. The molecule has 0 spiro atoms. The van der Waals surface area contributed by atoms with Crippen LogP contribution < -0.4 is 4.74 Å². The van der Waals surface area contributed by atoms with E-state index in [1.165, 1.54) is 13.2 Å². The standard InChI is InChI=1S/C15H18F2O4/c1-8-7-15(13(18)19,21-14(8,2)3)9-5-6-10(16)11(17)12(9)20-4/h5-6,8H,7H2,1-4H3,(H,18,19). The lowest BCUT2D eigenvalue weighted by Crippen LogP contribution is -2.38. The summed E-state index contributed by atoms with van der Waals surface area (Å²) in [4.78, 5) is 11.8. The highest BCUT2D eigenvalue weighted by Crippen LogP contribution is 2.50. The van der Waals surface area contributed by atoms with E-state index in [1.54, 1.807) is 13.8 Å². The van der Waals surface area contributed by atoms with Crippen LogP contribution in [0.25, 0.3) is 0 Å². The molecule has 21 heavy (non-hydrogen) atoms. The Morgan fingerprint density at radius 1 is 1.43 bits per heavy atom. The molecule has 0 amide bonds. The van der Waals surface area contributed by atoms with E-state index in [4.69, 9.17) is 9.47 Å². The number of ether oxygens (including phenoxy) is 2. The number of benzene rings is 1. The molecule has 4 nitrogen and oxygen atoms in total. The summed E-state index contributed by atoms with van der Waals surface area (Å²) in [6, 6.07) is 2.09. The summed E-state index contributed by atoms with van der Waals surface area (Å²) < 4.78 is 37.9. The van der Waals surface area contributed by atoms with E-state index < -0.39 is 34.6 Å². The van der Waals surface area contributed by atoms with E-state index >= 15 is 0 Å². The topological polar surface area (TPSA) is 55.8 Å². The molecule has 1 N–H and O–H groups in total. The first-order valence-corrected chi connectivity index (χ1v) is 6.61. The summed E-state index contributed by atoms with van der Waals surface area (Å²) in [6.07, 6.45) is 0.150. The Kier molecular flexibility index (Phi) is 3.70. The largest absolute Gasteiger partial charge is 0.493 e. The molecule has 1 fully saturated rings. The minimum absolute atomic E-state index is 0.00572. The van der Waals surface area contributed by atoms with Crippen molar-refractivity contribution in [3.63, 3.8) is 0 Å². The zero-order chi connectivity index (χ0) is 16.0. The van der Waals surface area contributed by atoms with Gasteiger partial charge in [-0.25, -0.2) is 9.18 Å². The Morgan fingerprint density at radius 3 is 2.48 bits per heavy atom. The first-order chi connectivity index (χ1) is 9.65. The minimum atomic E-state index is -1.75. The molecule has 1 aliphatic heterocycles. The van der Waals surface area contributed by atoms with Crippen molar-refractivity contribution >= 4 is 5.97 Å². The molecular weight excluding hydrogens is 282 g/mol. The van der Waals surface area contributed by atoms with Gasteiger partial charge in [-0.1, -0.05) is 6.92 Å². The van der Waals surface area contributed by atoms with Gasteiger partial charge in [0.15, 0.2) is 17.2 Å². The Bertz CT molecular complexity index is 585. The Morgan fingerprint density at radius 2 is 2.05 bits per heavy atom. The number of hydrogen-bond donors (Lipinski definition) is 1. The first-order valence-electron chi connectivity index (χ1n) is 6.61. The summed E-state index contributed by atoms with van der Waals surface area (Å²) in [5.41, 5.74) is -2.45. The average Bonchev–Trinajstić information content (AvgIpc) is 2.64. The summed E-state index contributed by atoms with van der Waals surface area (Å²) in [5.74, 6) is -4.06. The number of hydrogen-bond acceptors (Lipinski definition) is 3. The predicted octanol–water partition coefficient (Wildman–Crippen LogP) is 3.09. The van der Waals surface area contributed by atoms with Gasteiger partial charge in [-0.05, 0) is 38.3 Å². The molecule has 0 aromatic heterocycles. The number of carbonyl (C=O) groups is 1. The van der Waals surface area contributed by atoms with Crippen LogP contribution in [0.15, 0.2) is 12.1 Å². The highest BCUT2D eigenvalue weighted by molar-refractivity contribution is 5.81. The number of carboxylic acids is 1. The summed E-state index contributed by atoms with van der Waals surface area (Å²) in [6.45, 7) is 5.40. The number of rotatable bonds is 3. The summed E-state index contributed by atoms with van der Waals surface area (Å²) in [7, 11) is 1.17. The van der Waals surface area contributed by atoms with Crippen molar-refractivity contribution in [1.82, 2.24) is 0 Å². The second-order valence-corrected chi connectivity index (χ2v) is 5.89. The molecule has 1 heterocycles. The van der Waals surface area contributed by atoms with Gasteiger partial charge in [0.2, 0.25) is 5.82 Å². The summed E-state index contributed by atoms with van der Waals surface area (Å²) >= 11 is 0. The molecular formula is C15H18F2O4. The second kappa shape index (κ2) is 4.94. The van der Waals surface area contributed by atoms with Crippen LogP contribution in [-0.2, 0) is 15.1 Å². The smallest absolute Gasteiger partial charge is 0.340 e. The maximum Gasteiger partial charge on any atom is 0.340 e. The number of halogens is 2. The van der Waals surface area contributed by atoms with Crippen molar-refractivity contribution in [2.24, 2.45) is 5.92 Å². The van der Waals surface area contributed by atoms with E-state index in [0.29, 0.717) is 0 Å². The van der Waals surface area contributed by atoms with E-state index in [1.807, 2.05) is 6.92 Å². The fourth-order valence-corrected chi connectivity index (χ4v) is 2.73. The van der Waals surface area contributed by atoms with Crippen molar-refractivity contribution in [2.45, 2.75) is 38.4 Å². The van der Waals surface area contributed by atoms with Crippen molar-refractivity contribution < 1.29 is 28.2 Å². The fraction of sp³-hybridized carbons (Fsp3) is 0.533. The molecule has 6 heteroatoms. The highest BCUT2D eigenvalue weighted by Gasteiger charge is 2.56. The van der Waals surface area contributed by atoms with Crippen molar-refractivity contribution in [3.05, 3.63) is 29.3 Å². The third-order valence-electron chi connectivity index (χ3n) is 4.25. The van der Waals surface area contributed by atoms with Gasteiger partial charge in [0.25, 0.3) is 0 Å². The van der Waals surface area contributed by atoms with Gasteiger partial charge in [0.05, 0.1) is 12.7 Å². The van der Waals surface area contributed by atoms with E-state index in [2.05, 4.69) is 0 Å². The molecule has 1 aromatic rings. The molecule has 1 aromatic carbocycles. The number of aliphatic carboxylic acids is 1. The lowest BCUT2D eigenvalue weighted by Gasteiger charge is -2.29. The SMILES string of the molecule is COc1c(C2(C(=O)O)CC(C)C(C)(C)O2)ccc(F)c1F. The first kappa shape index (κ1) is 15.7. The molecule has 1 aliphatic rings. The lowest BCUT2D eigenvalue weighted by molar-refractivity contribution is -0.173. The molecule has 0 aliphatic carbocycles. The molecule has 0 radical (unpaired) electrons. The van der Waals surface area contributed by atoms with Crippen LogP contribution in [0, 0.1) is 17.6 Å². The molecule has 116 valence electrons. The van der Waals surface area contributed by atoms with E-state index in [-0.39, 0.29) is 17.9 Å². The normalized spacial score (nSPS) is 27.6. The van der Waals surface area contributed by atoms with E-state index in [0.717, 1.165) is 6.07 Å². The number of methoxy groups -OCH3 is 1. The maximum atomic E-state index is 13.9. The Hall–Kier alpha value is -1.69. The van der Waals surface area contributed by atoms with Crippen LogP contribution in [0.4, 0.5) is 8.78 Å². The third kappa shape index (κ3) is 2.27. The Labute approximate surface area is 121 Å². The monoisotopic (exact) mass is 300 g/mol. The third-order valence-corrected chi connectivity index (χ3v) is 4.25. The molecule has 1 saturated heterocycles. The summed E-state index contributed by atoms with van der Waals surface area (Å²) in [5, 5.41) is 9.65. The zero-order valence-electron chi connectivity index (χ0n) is 12.4. The van der Waals surface area contributed by atoms with Crippen LogP contribution in [0.2, 0.25) is 0 Å². The highest BCUT2D eigenvalue weighted by atomic mass is 19.2.